The zero-order valence-corrected chi connectivity index (χ0v) is 16.9. The fourth-order valence-corrected chi connectivity index (χ4v) is 4.13. The van der Waals surface area contributed by atoms with Crippen LogP contribution in [0.25, 0.3) is 22.2 Å². The number of aromatic nitrogens is 1. The summed E-state index contributed by atoms with van der Waals surface area (Å²) in [6.07, 6.45) is 1.52. The number of nitrogens with one attached hydrogen (secondary N) is 1. The molecular weight excluding hydrogens is 395 g/mol. The molecule has 1 aliphatic carbocycles. The fraction of sp³-hybridized carbons (Fsp3) is 0.240. The second-order valence-corrected chi connectivity index (χ2v) is 7.86. The standard InChI is InChI=1S/C25H23FN2O3/c26-18-8-11-22-24(13-18)31-28-25(22)17-5-9-20(10-6-17)30-15-19(29)14-27-23-12-7-16-3-1-2-4-21(16)23/h1-6,8-11,13,19,23,27,29H,7,12,14-15H2. The Kier molecular flexibility index (Phi) is 5.40. The van der Waals surface area contributed by atoms with Gasteiger partial charge in [0.1, 0.15) is 30.0 Å². The van der Waals surface area contributed by atoms with Crippen LogP contribution in [0.3, 0.4) is 0 Å². The maximum Gasteiger partial charge on any atom is 0.170 e. The van der Waals surface area contributed by atoms with Crippen LogP contribution in [0.15, 0.2) is 71.3 Å². The highest BCUT2D eigenvalue weighted by Crippen LogP contribution is 2.31. The van der Waals surface area contributed by atoms with E-state index >= 15 is 0 Å². The minimum Gasteiger partial charge on any atom is -0.491 e. The molecule has 0 saturated carbocycles. The molecular formula is C25H23FN2O3. The van der Waals surface area contributed by atoms with Gasteiger partial charge in [-0.05, 0) is 60.4 Å². The molecule has 2 unspecified atom stereocenters. The first-order chi connectivity index (χ1) is 15.2. The van der Waals surface area contributed by atoms with Gasteiger partial charge >= 0.3 is 0 Å². The van der Waals surface area contributed by atoms with Crippen molar-refractivity contribution in [1.82, 2.24) is 10.5 Å². The summed E-state index contributed by atoms with van der Waals surface area (Å²) >= 11 is 0. The zero-order chi connectivity index (χ0) is 21.2. The van der Waals surface area contributed by atoms with Crippen LogP contribution < -0.4 is 10.1 Å². The average Bonchev–Trinajstić information content (AvgIpc) is 3.40. The van der Waals surface area contributed by atoms with Gasteiger partial charge in [-0.15, -0.1) is 0 Å². The molecule has 5 nitrogen and oxygen atoms in total. The highest BCUT2D eigenvalue weighted by Gasteiger charge is 2.22. The first-order valence-electron chi connectivity index (χ1n) is 10.4. The second kappa shape index (κ2) is 8.49. The van der Waals surface area contributed by atoms with Gasteiger partial charge in [0.25, 0.3) is 0 Å². The summed E-state index contributed by atoms with van der Waals surface area (Å²) in [5.74, 6) is 0.303. The Labute approximate surface area is 179 Å². The van der Waals surface area contributed by atoms with Crippen LogP contribution in [0.2, 0.25) is 0 Å². The van der Waals surface area contributed by atoms with Crippen molar-refractivity contribution in [3.05, 3.63) is 83.7 Å². The number of aryl methyl sites for hydroxylation is 1. The van der Waals surface area contributed by atoms with Crippen molar-refractivity contribution in [1.29, 1.82) is 0 Å². The molecule has 0 amide bonds. The zero-order valence-electron chi connectivity index (χ0n) is 16.9. The summed E-state index contributed by atoms with van der Waals surface area (Å²) in [6, 6.07) is 20.5. The number of nitrogens with zero attached hydrogens (tertiary/aromatic N) is 1. The number of aliphatic hydroxyl groups is 1. The molecule has 4 aromatic rings. The quantitative estimate of drug-likeness (QED) is 0.457. The summed E-state index contributed by atoms with van der Waals surface area (Å²) in [4.78, 5) is 0. The maximum absolute atomic E-state index is 13.3. The number of rotatable bonds is 7. The van der Waals surface area contributed by atoms with E-state index in [0.717, 1.165) is 23.8 Å². The summed E-state index contributed by atoms with van der Waals surface area (Å²) in [5, 5.41) is 18.6. The molecule has 5 rings (SSSR count). The molecule has 0 aliphatic heterocycles. The lowest BCUT2D eigenvalue weighted by molar-refractivity contribution is 0.103. The maximum atomic E-state index is 13.3. The third-order valence-corrected chi connectivity index (χ3v) is 5.74. The number of hydrogen-bond acceptors (Lipinski definition) is 5. The van der Waals surface area contributed by atoms with Crippen LogP contribution in [0.1, 0.15) is 23.6 Å². The molecule has 2 N–H and O–H groups in total. The van der Waals surface area contributed by atoms with Crippen molar-refractivity contribution in [2.24, 2.45) is 0 Å². The molecule has 2 atom stereocenters. The summed E-state index contributed by atoms with van der Waals surface area (Å²) in [6.45, 7) is 0.672. The van der Waals surface area contributed by atoms with E-state index in [1.807, 2.05) is 24.3 Å². The predicted octanol–water partition coefficient (Wildman–Crippen LogP) is 4.65. The molecule has 6 heteroatoms. The summed E-state index contributed by atoms with van der Waals surface area (Å²) in [7, 11) is 0. The monoisotopic (exact) mass is 418 g/mol. The first-order valence-corrected chi connectivity index (χ1v) is 10.4. The van der Waals surface area contributed by atoms with Crippen molar-refractivity contribution in [2.75, 3.05) is 13.2 Å². The predicted molar refractivity (Wildman–Crippen MR) is 116 cm³/mol. The van der Waals surface area contributed by atoms with Crippen LogP contribution in [0, 0.1) is 5.82 Å². The highest BCUT2D eigenvalue weighted by molar-refractivity contribution is 5.91. The van der Waals surface area contributed by atoms with Gasteiger partial charge in [-0.25, -0.2) is 4.39 Å². The molecule has 3 aromatic carbocycles. The fourth-order valence-electron chi connectivity index (χ4n) is 4.13. The molecule has 1 heterocycles. The molecule has 0 radical (unpaired) electrons. The van der Waals surface area contributed by atoms with E-state index in [4.69, 9.17) is 9.26 Å². The van der Waals surface area contributed by atoms with Crippen LogP contribution in [-0.2, 0) is 6.42 Å². The number of benzene rings is 3. The molecule has 1 aliphatic rings. The first kappa shape index (κ1) is 19.7. The third kappa shape index (κ3) is 4.17. The Balaban J connectivity index is 1.16. The molecule has 31 heavy (non-hydrogen) atoms. The Morgan fingerprint density at radius 1 is 1.13 bits per heavy atom. The number of fused-ring (bicyclic) bond motifs is 2. The van der Waals surface area contributed by atoms with E-state index in [0.29, 0.717) is 23.6 Å². The van der Waals surface area contributed by atoms with Gasteiger partial charge in [0.05, 0.1) is 0 Å². The van der Waals surface area contributed by atoms with E-state index < -0.39 is 6.10 Å². The second-order valence-electron chi connectivity index (χ2n) is 7.86. The minimum atomic E-state index is -0.609. The smallest absolute Gasteiger partial charge is 0.170 e. The van der Waals surface area contributed by atoms with Crippen LogP contribution >= 0.6 is 0 Å². The Morgan fingerprint density at radius 2 is 1.97 bits per heavy atom. The Bertz CT molecular complexity index is 1190. The van der Waals surface area contributed by atoms with Gasteiger partial charge in [0.2, 0.25) is 0 Å². The molecule has 0 bridgehead atoms. The van der Waals surface area contributed by atoms with Gasteiger partial charge in [-0.1, -0.05) is 29.4 Å². The normalized spacial score (nSPS) is 16.4. The van der Waals surface area contributed by atoms with Crippen molar-refractivity contribution in [2.45, 2.75) is 25.0 Å². The lowest BCUT2D eigenvalue weighted by atomic mass is 10.1. The van der Waals surface area contributed by atoms with Crippen molar-refractivity contribution >= 4 is 11.0 Å². The van der Waals surface area contributed by atoms with E-state index in [1.54, 1.807) is 6.07 Å². The number of ether oxygens (including phenoxy) is 1. The van der Waals surface area contributed by atoms with Gasteiger partial charge in [-0.2, -0.15) is 0 Å². The summed E-state index contributed by atoms with van der Waals surface area (Å²) < 4.78 is 24.3. The number of hydrogen-bond donors (Lipinski definition) is 2. The lowest BCUT2D eigenvalue weighted by Crippen LogP contribution is -2.33. The van der Waals surface area contributed by atoms with Crippen molar-refractivity contribution in [3.63, 3.8) is 0 Å². The van der Waals surface area contributed by atoms with Crippen LogP contribution in [0.4, 0.5) is 4.39 Å². The molecule has 0 spiro atoms. The van der Waals surface area contributed by atoms with E-state index in [-0.39, 0.29) is 18.5 Å². The molecule has 158 valence electrons. The molecule has 0 fully saturated rings. The topological polar surface area (TPSA) is 67.5 Å². The lowest BCUT2D eigenvalue weighted by Gasteiger charge is -2.18. The van der Waals surface area contributed by atoms with Crippen molar-refractivity contribution in [3.8, 4) is 17.0 Å². The van der Waals surface area contributed by atoms with Gasteiger partial charge in [0.15, 0.2) is 5.58 Å². The molecule has 1 aromatic heterocycles. The van der Waals surface area contributed by atoms with Gasteiger partial charge < -0.3 is 19.7 Å². The largest absolute Gasteiger partial charge is 0.491 e. The van der Waals surface area contributed by atoms with E-state index in [1.165, 1.54) is 23.3 Å². The SMILES string of the molecule is OC(CNC1CCc2ccccc21)COc1ccc(-c2noc3cc(F)ccc23)cc1. The molecule has 0 saturated heterocycles. The summed E-state index contributed by atoms with van der Waals surface area (Å²) in [5.41, 5.74) is 4.63. The van der Waals surface area contributed by atoms with Gasteiger partial charge in [0, 0.05) is 29.6 Å². The van der Waals surface area contributed by atoms with Gasteiger partial charge in [-0.3, -0.25) is 0 Å². The van der Waals surface area contributed by atoms with Crippen molar-refractivity contribution < 1.29 is 18.8 Å². The third-order valence-electron chi connectivity index (χ3n) is 5.74. The van der Waals surface area contributed by atoms with Crippen LogP contribution in [-0.4, -0.2) is 29.5 Å². The average molecular weight is 418 g/mol. The highest BCUT2D eigenvalue weighted by atomic mass is 19.1. The Morgan fingerprint density at radius 3 is 2.84 bits per heavy atom. The van der Waals surface area contributed by atoms with Crippen LogP contribution in [0.5, 0.6) is 5.75 Å². The minimum absolute atomic E-state index is 0.201. The number of aliphatic hydroxyl groups excluding tert-OH is 1. The number of halogens is 1. The van der Waals surface area contributed by atoms with E-state index in [2.05, 4.69) is 34.7 Å². The Hall–Kier alpha value is -3.22. The van der Waals surface area contributed by atoms with E-state index in [9.17, 15) is 9.50 Å².